The van der Waals surface area contributed by atoms with E-state index in [-0.39, 0.29) is 5.60 Å². The van der Waals surface area contributed by atoms with Gasteiger partial charge in [-0.1, -0.05) is 0 Å². The zero-order chi connectivity index (χ0) is 9.03. The van der Waals surface area contributed by atoms with Gasteiger partial charge >= 0.3 is 0 Å². The van der Waals surface area contributed by atoms with Crippen LogP contribution >= 0.6 is 0 Å². The molecular weight excluding hydrogens is 150 g/mol. The van der Waals surface area contributed by atoms with Gasteiger partial charge in [0.1, 0.15) is 0 Å². The summed E-state index contributed by atoms with van der Waals surface area (Å²) < 4.78 is 5.62. The minimum Gasteiger partial charge on any atom is -0.376 e. The van der Waals surface area contributed by atoms with Crippen LogP contribution in [0, 0.1) is 0 Å². The van der Waals surface area contributed by atoms with Crippen LogP contribution in [0.3, 0.4) is 0 Å². The van der Waals surface area contributed by atoms with E-state index in [0.29, 0.717) is 0 Å². The fourth-order valence-corrected chi connectivity index (χ4v) is 1.27. The first kappa shape index (κ1) is 10.0. The maximum atomic E-state index is 5.62. The smallest absolute Gasteiger partial charge is 0.0598 e. The summed E-state index contributed by atoms with van der Waals surface area (Å²) in [6.07, 6.45) is 2.57. The van der Waals surface area contributed by atoms with E-state index in [1.807, 2.05) is 0 Å². The summed E-state index contributed by atoms with van der Waals surface area (Å²) in [7, 11) is 0. The summed E-state index contributed by atoms with van der Waals surface area (Å²) in [6.45, 7) is 11.0. The molecule has 2 heteroatoms. The third kappa shape index (κ3) is 4.07. The Balaban J connectivity index is 1.88. The van der Waals surface area contributed by atoms with Gasteiger partial charge in [0.05, 0.1) is 5.60 Å². The number of ether oxygens (including phenoxy) is 1. The first-order valence-electron chi connectivity index (χ1n) is 4.94. The summed E-state index contributed by atoms with van der Waals surface area (Å²) in [5.41, 5.74) is 0.0367. The number of hydrogen-bond donors (Lipinski definition) is 0. The van der Waals surface area contributed by atoms with Crippen molar-refractivity contribution in [2.45, 2.75) is 39.2 Å². The minimum atomic E-state index is 0.0367. The fraction of sp³-hybridized carbons (Fsp3) is 1.00. The van der Waals surface area contributed by atoms with Crippen LogP contribution in [0.1, 0.15) is 33.6 Å². The fourth-order valence-electron chi connectivity index (χ4n) is 1.27. The maximum Gasteiger partial charge on any atom is 0.0598 e. The van der Waals surface area contributed by atoms with Gasteiger partial charge in [0, 0.05) is 13.2 Å². The number of hydrogen-bond acceptors (Lipinski definition) is 2. The van der Waals surface area contributed by atoms with Gasteiger partial charge in [0.15, 0.2) is 0 Å². The molecular formula is C10H21NO. The zero-order valence-corrected chi connectivity index (χ0v) is 8.60. The van der Waals surface area contributed by atoms with Crippen LogP contribution in [0.25, 0.3) is 0 Å². The predicted molar refractivity (Wildman–Crippen MR) is 51.4 cm³/mol. The van der Waals surface area contributed by atoms with Crippen LogP contribution in [-0.4, -0.2) is 36.7 Å². The molecule has 0 aromatic rings. The van der Waals surface area contributed by atoms with Gasteiger partial charge in [0.2, 0.25) is 0 Å². The lowest BCUT2D eigenvalue weighted by molar-refractivity contribution is -0.00877. The molecule has 0 aliphatic carbocycles. The summed E-state index contributed by atoms with van der Waals surface area (Å²) in [4.78, 5) is 2.48. The van der Waals surface area contributed by atoms with Gasteiger partial charge in [0.25, 0.3) is 0 Å². The molecule has 0 saturated carbocycles. The lowest BCUT2D eigenvalue weighted by Gasteiger charge is -2.31. The van der Waals surface area contributed by atoms with Crippen molar-refractivity contribution in [3.63, 3.8) is 0 Å². The highest BCUT2D eigenvalue weighted by Crippen LogP contribution is 2.09. The standard InChI is InChI=1S/C10H21NO/c1-10(2,3)12-9-5-8-11-6-4-7-11/h4-9H2,1-3H3. The molecule has 1 heterocycles. The molecule has 1 saturated heterocycles. The Morgan fingerprint density at radius 2 is 1.92 bits per heavy atom. The van der Waals surface area contributed by atoms with E-state index in [1.54, 1.807) is 0 Å². The summed E-state index contributed by atoms with van der Waals surface area (Å²) in [5, 5.41) is 0. The normalized spacial score (nSPS) is 19.2. The number of rotatable bonds is 4. The van der Waals surface area contributed by atoms with E-state index in [1.165, 1.54) is 32.5 Å². The van der Waals surface area contributed by atoms with E-state index >= 15 is 0 Å². The molecule has 2 nitrogen and oxygen atoms in total. The van der Waals surface area contributed by atoms with Gasteiger partial charge < -0.3 is 9.64 Å². The van der Waals surface area contributed by atoms with Crippen molar-refractivity contribution in [1.29, 1.82) is 0 Å². The zero-order valence-electron chi connectivity index (χ0n) is 8.60. The van der Waals surface area contributed by atoms with Gasteiger partial charge in [-0.25, -0.2) is 0 Å². The van der Waals surface area contributed by atoms with E-state index in [4.69, 9.17) is 4.74 Å². The second kappa shape index (κ2) is 4.24. The molecule has 0 atom stereocenters. The Labute approximate surface area is 75.9 Å². The molecule has 0 spiro atoms. The Kier molecular flexibility index (Phi) is 3.53. The topological polar surface area (TPSA) is 12.5 Å². The van der Waals surface area contributed by atoms with E-state index in [9.17, 15) is 0 Å². The van der Waals surface area contributed by atoms with Crippen LogP contribution in [0.4, 0.5) is 0 Å². The highest BCUT2D eigenvalue weighted by atomic mass is 16.5. The first-order valence-corrected chi connectivity index (χ1v) is 4.94. The number of likely N-dealkylation sites (tertiary alicyclic amines) is 1. The minimum absolute atomic E-state index is 0.0367. The Morgan fingerprint density at radius 3 is 2.33 bits per heavy atom. The lowest BCUT2D eigenvalue weighted by Crippen LogP contribution is -2.38. The third-order valence-corrected chi connectivity index (χ3v) is 2.10. The Hall–Kier alpha value is -0.0800. The molecule has 1 fully saturated rings. The SMILES string of the molecule is CC(C)(C)OCCCN1CCC1. The highest BCUT2D eigenvalue weighted by Gasteiger charge is 2.13. The Morgan fingerprint density at radius 1 is 1.25 bits per heavy atom. The lowest BCUT2D eigenvalue weighted by atomic mass is 10.2. The van der Waals surface area contributed by atoms with Crippen molar-refractivity contribution in [2.75, 3.05) is 26.2 Å². The molecule has 1 aliphatic rings. The molecule has 0 bridgehead atoms. The van der Waals surface area contributed by atoms with Crippen molar-refractivity contribution >= 4 is 0 Å². The molecule has 0 N–H and O–H groups in total. The van der Waals surface area contributed by atoms with Gasteiger partial charge in [-0.15, -0.1) is 0 Å². The van der Waals surface area contributed by atoms with E-state index < -0.39 is 0 Å². The average Bonchev–Trinajstić information content (AvgIpc) is 1.80. The van der Waals surface area contributed by atoms with Crippen LogP contribution in [0.15, 0.2) is 0 Å². The average molecular weight is 171 g/mol. The number of nitrogens with zero attached hydrogens (tertiary/aromatic N) is 1. The van der Waals surface area contributed by atoms with Gasteiger partial charge in [-0.2, -0.15) is 0 Å². The quantitative estimate of drug-likeness (QED) is 0.599. The van der Waals surface area contributed by atoms with Gasteiger partial charge in [-0.05, 0) is 46.7 Å². The van der Waals surface area contributed by atoms with Crippen LogP contribution in [0.5, 0.6) is 0 Å². The van der Waals surface area contributed by atoms with Crippen molar-refractivity contribution in [1.82, 2.24) is 4.90 Å². The van der Waals surface area contributed by atoms with E-state index in [2.05, 4.69) is 25.7 Å². The molecule has 0 radical (unpaired) electrons. The van der Waals surface area contributed by atoms with Crippen LogP contribution in [0.2, 0.25) is 0 Å². The molecule has 0 aromatic carbocycles. The summed E-state index contributed by atoms with van der Waals surface area (Å²) in [6, 6.07) is 0. The summed E-state index contributed by atoms with van der Waals surface area (Å²) >= 11 is 0. The van der Waals surface area contributed by atoms with Crippen molar-refractivity contribution in [3.8, 4) is 0 Å². The maximum absolute atomic E-state index is 5.62. The highest BCUT2D eigenvalue weighted by molar-refractivity contribution is 4.68. The predicted octanol–water partition coefficient (Wildman–Crippen LogP) is 1.90. The second-order valence-corrected chi connectivity index (χ2v) is 4.51. The molecule has 72 valence electrons. The molecule has 12 heavy (non-hydrogen) atoms. The molecule has 1 rings (SSSR count). The second-order valence-electron chi connectivity index (χ2n) is 4.51. The van der Waals surface area contributed by atoms with Crippen molar-refractivity contribution < 1.29 is 4.74 Å². The van der Waals surface area contributed by atoms with Crippen molar-refractivity contribution in [2.24, 2.45) is 0 Å². The molecule has 1 aliphatic heterocycles. The molecule has 0 aromatic heterocycles. The molecule has 0 unspecified atom stereocenters. The van der Waals surface area contributed by atoms with Crippen molar-refractivity contribution in [3.05, 3.63) is 0 Å². The summed E-state index contributed by atoms with van der Waals surface area (Å²) in [5.74, 6) is 0. The largest absolute Gasteiger partial charge is 0.376 e. The van der Waals surface area contributed by atoms with Gasteiger partial charge in [-0.3, -0.25) is 0 Å². The third-order valence-electron chi connectivity index (χ3n) is 2.10. The van der Waals surface area contributed by atoms with E-state index in [0.717, 1.165) is 6.61 Å². The van der Waals surface area contributed by atoms with Crippen LogP contribution in [-0.2, 0) is 4.74 Å². The molecule has 0 amide bonds. The van der Waals surface area contributed by atoms with Crippen LogP contribution < -0.4 is 0 Å². The Bertz CT molecular complexity index is 124. The monoisotopic (exact) mass is 171 g/mol. The first-order chi connectivity index (χ1) is 5.58.